The Morgan fingerprint density at radius 1 is 1.43 bits per heavy atom. The predicted octanol–water partition coefficient (Wildman–Crippen LogP) is 2.43. The zero-order valence-electron chi connectivity index (χ0n) is 6.53. The lowest BCUT2D eigenvalue weighted by atomic mass is 10.2. The molecule has 74 valence electrons. The highest BCUT2D eigenvalue weighted by Crippen LogP contribution is 2.30. The molecule has 0 spiro atoms. The first-order valence-corrected chi connectivity index (χ1v) is 6.37. The van der Waals surface area contributed by atoms with E-state index in [-0.39, 0.29) is 20.4 Å². The van der Waals surface area contributed by atoms with Crippen molar-refractivity contribution in [1.29, 1.82) is 5.26 Å². The van der Waals surface area contributed by atoms with Crippen LogP contribution in [0.25, 0.3) is 0 Å². The summed E-state index contributed by atoms with van der Waals surface area (Å²) in [7, 11) is 1.22. The first-order chi connectivity index (χ1) is 6.38. The SMILES string of the molecule is N#Cc1c(Cl)ccc(S(=O)(=O)Cl)c1S. The van der Waals surface area contributed by atoms with E-state index in [1.54, 1.807) is 6.07 Å². The summed E-state index contributed by atoms with van der Waals surface area (Å²) in [4.78, 5) is -0.251. The summed E-state index contributed by atoms with van der Waals surface area (Å²) in [6.45, 7) is 0. The third-order valence-corrected chi connectivity index (χ3v) is 3.76. The monoisotopic (exact) mass is 267 g/mol. The molecule has 0 aliphatic carbocycles. The normalized spacial score (nSPS) is 11.0. The highest BCUT2D eigenvalue weighted by molar-refractivity contribution is 8.14. The van der Waals surface area contributed by atoms with Crippen molar-refractivity contribution in [3.63, 3.8) is 0 Å². The lowest BCUT2D eigenvalue weighted by molar-refractivity contribution is 0.607. The molecular formula is C7H3Cl2NO2S2. The number of thiol groups is 1. The molecule has 14 heavy (non-hydrogen) atoms. The summed E-state index contributed by atoms with van der Waals surface area (Å²) >= 11 is 9.53. The molecule has 0 radical (unpaired) electrons. The van der Waals surface area contributed by atoms with Gasteiger partial charge in [-0.3, -0.25) is 0 Å². The quantitative estimate of drug-likeness (QED) is 0.628. The van der Waals surface area contributed by atoms with Crippen LogP contribution in [0.1, 0.15) is 5.56 Å². The van der Waals surface area contributed by atoms with Gasteiger partial charge in [-0.2, -0.15) is 5.26 Å². The first-order valence-electron chi connectivity index (χ1n) is 3.24. The van der Waals surface area contributed by atoms with Gasteiger partial charge in [0.2, 0.25) is 0 Å². The number of rotatable bonds is 1. The van der Waals surface area contributed by atoms with E-state index in [4.69, 9.17) is 27.5 Å². The zero-order valence-corrected chi connectivity index (χ0v) is 9.75. The van der Waals surface area contributed by atoms with Crippen LogP contribution in [0.2, 0.25) is 5.02 Å². The third-order valence-electron chi connectivity index (χ3n) is 1.46. The summed E-state index contributed by atoms with van der Waals surface area (Å²) in [5.74, 6) is 0. The summed E-state index contributed by atoms with van der Waals surface area (Å²) in [6, 6.07) is 4.23. The van der Waals surface area contributed by atoms with Gasteiger partial charge < -0.3 is 0 Å². The molecule has 3 nitrogen and oxygen atoms in total. The average molecular weight is 268 g/mol. The molecule has 0 bridgehead atoms. The Morgan fingerprint density at radius 3 is 2.43 bits per heavy atom. The number of nitriles is 1. The Bertz CT molecular complexity index is 519. The van der Waals surface area contributed by atoms with E-state index in [0.29, 0.717) is 0 Å². The van der Waals surface area contributed by atoms with Gasteiger partial charge in [-0.25, -0.2) is 8.42 Å². The maximum atomic E-state index is 11.0. The van der Waals surface area contributed by atoms with E-state index >= 15 is 0 Å². The van der Waals surface area contributed by atoms with Crippen LogP contribution in [0.5, 0.6) is 0 Å². The molecule has 7 heteroatoms. The molecule has 0 heterocycles. The van der Waals surface area contributed by atoms with Crippen LogP contribution < -0.4 is 0 Å². The topological polar surface area (TPSA) is 57.9 Å². The summed E-state index contributed by atoms with van der Waals surface area (Å²) < 4.78 is 22.0. The fourth-order valence-electron chi connectivity index (χ4n) is 0.851. The van der Waals surface area contributed by atoms with Crippen molar-refractivity contribution in [2.24, 2.45) is 0 Å². The predicted molar refractivity (Wildman–Crippen MR) is 56.5 cm³/mol. The molecule has 0 saturated heterocycles. The minimum Gasteiger partial charge on any atom is -0.207 e. The summed E-state index contributed by atoms with van der Waals surface area (Å²) in [5.41, 5.74) is -0.00303. The summed E-state index contributed by atoms with van der Waals surface area (Å²) in [5, 5.41) is 8.81. The highest BCUT2D eigenvalue weighted by atomic mass is 35.7. The molecule has 0 unspecified atom stereocenters. The Labute approximate surface area is 96.1 Å². The third kappa shape index (κ3) is 2.15. The molecule has 1 aromatic carbocycles. The van der Waals surface area contributed by atoms with E-state index in [2.05, 4.69) is 12.6 Å². The molecule has 0 aliphatic heterocycles. The molecule has 0 aromatic heterocycles. The van der Waals surface area contributed by atoms with Crippen molar-refractivity contribution in [2.75, 3.05) is 0 Å². The second-order valence-corrected chi connectivity index (χ2v) is 5.71. The Balaban J connectivity index is 3.62. The number of nitrogens with zero attached hydrogens (tertiary/aromatic N) is 1. The lowest BCUT2D eigenvalue weighted by Gasteiger charge is -2.03. The van der Waals surface area contributed by atoms with Crippen LogP contribution in [0.4, 0.5) is 0 Å². The van der Waals surface area contributed by atoms with Crippen molar-refractivity contribution >= 4 is 44.0 Å². The van der Waals surface area contributed by atoms with Crippen LogP contribution in [0, 0.1) is 11.3 Å². The minimum absolute atomic E-state index is 0.00303. The van der Waals surface area contributed by atoms with E-state index in [9.17, 15) is 8.42 Å². The maximum absolute atomic E-state index is 11.0. The fourth-order valence-corrected chi connectivity index (χ4v) is 2.83. The van der Waals surface area contributed by atoms with E-state index in [1.165, 1.54) is 12.1 Å². The Morgan fingerprint density at radius 2 is 2.00 bits per heavy atom. The van der Waals surface area contributed by atoms with Gasteiger partial charge in [-0.05, 0) is 12.1 Å². The van der Waals surface area contributed by atoms with Crippen LogP contribution >= 0.6 is 34.9 Å². The van der Waals surface area contributed by atoms with Gasteiger partial charge in [0.15, 0.2) is 0 Å². The Kier molecular flexibility index (Phi) is 3.32. The van der Waals surface area contributed by atoms with Crippen LogP contribution in [0.15, 0.2) is 21.9 Å². The zero-order chi connectivity index (χ0) is 10.9. The molecule has 1 rings (SSSR count). The number of benzene rings is 1. The Hall–Kier alpha value is -0.410. The van der Waals surface area contributed by atoms with Gasteiger partial charge >= 0.3 is 0 Å². The maximum Gasteiger partial charge on any atom is 0.262 e. The molecule has 0 atom stereocenters. The van der Waals surface area contributed by atoms with E-state index in [1.807, 2.05) is 0 Å². The van der Waals surface area contributed by atoms with Crippen molar-refractivity contribution in [3.05, 3.63) is 22.7 Å². The van der Waals surface area contributed by atoms with Gasteiger partial charge in [0.1, 0.15) is 6.07 Å². The smallest absolute Gasteiger partial charge is 0.207 e. The molecule has 1 aromatic rings. The fraction of sp³-hybridized carbons (Fsp3) is 0. The van der Waals surface area contributed by atoms with Gasteiger partial charge in [0.25, 0.3) is 9.05 Å². The van der Waals surface area contributed by atoms with Crippen LogP contribution in [-0.2, 0) is 9.05 Å². The highest BCUT2D eigenvalue weighted by Gasteiger charge is 2.18. The largest absolute Gasteiger partial charge is 0.262 e. The molecular weight excluding hydrogens is 265 g/mol. The minimum atomic E-state index is -3.90. The van der Waals surface area contributed by atoms with Crippen molar-refractivity contribution in [3.8, 4) is 6.07 Å². The summed E-state index contributed by atoms with van der Waals surface area (Å²) in [6.07, 6.45) is 0. The van der Waals surface area contributed by atoms with Gasteiger partial charge in [0.05, 0.1) is 15.5 Å². The molecule has 0 N–H and O–H groups in total. The van der Waals surface area contributed by atoms with Crippen molar-refractivity contribution in [1.82, 2.24) is 0 Å². The number of halogens is 2. The second kappa shape index (κ2) is 3.99. The van der Waals surface area contributed by atoms with Crippen molar-refractivity contribution < 1.29 is 8.42 Å². The lowest BCUT2D eigenvalue weighted by Crippen LogP contribution is -1.95. The van der Waals surface area contributed by atoms with E-state index in [0.717, 1.165) is 0 Å². The number of hydrogen-bond acceptors (Lipinski definition) is 4. The molecule has 0 saturated carbocycles. The second-order valence-electron chi connectivity index (χ2n) is 2.32. The van der Waals surface area contributed by atoms with Crippen LogP contribution in [-0.4, -0.2) is 8.42 Å². The first kappa shape index (κ1) is 11.7. The standard InChI is InChI=1S/C7H3Cl2NO2S2/c8-5-1-2-6(14(9,11)12)7(13)4(5)3-10/h1-2,13H. The average Bonchev–Trinajstić information content (AvgIpc) is 2.02. The van der Waals surface area contributed by atoms with Crippen LogP contribution in [0.3, 0.4) is 0 Å². The van der Waals surface area contributed by atoms with Gasteiger partial charge in [0, 0.05) is 15.6 Å². The molecule has 0 amide bonds. The van der Waals surface area contributed by atoms with Gasteiger partial charge in [-0.1, -0.05) is 11.6 Å². The molecule has 0 fully saturated rings. The molecule has 0 aliphatic rings. The van der Waals surface area contributed by atoms with Crippen molar-refractivity contribution in [2.45, 2.75) is 9.79 Å². The van der Waals surface area contributed by atoms with E-state index < -0.39 is 9.05 Å². The van der Waals surface area contributed by atoms with Gasteiger partial charge in [-0.15, -0.1) is 12.6 Å². The number of hydrogen-bond donors (Lipinski definition) is 1.